The quantitative estimate of drug-likeness (QED) is 0.718. The van der Waals surface area contributed by atoms with Crippen LogP contribution in [0.25, 0.3) is 10.9 Å². The lowest BCUT2D eigenvalue weighted by atomic mass is 10.00. The van der Waals surface area contributed by atoms with Crippen molar-refractivity contribution in [3.63, 3.8) is 0 Å². The number of Topliss-reactive ketones (excluding diaryl/α,β-unsaturated/α-hetero) is 1. The second-order valence-electron chi connectivity index (χ2n) is 5.30. The van der Waals surface area contributed by atoms with E-state index in [0.717, 1.165) is 23.9 Å². The molecule has 0 N–H and O–H groups in total. The van der Waals surface area contributed by atoms with Gasteiger partial charge in [-0.25, -0.2) is 0 Å². The molecular weight excluding hydrogens is 258 g/mol. The summed E-state index contributed by atoms with van der Waals surface area (Å²) in [6, 6.07) is 6.31. The molecule has 1 aromatic carbocycles. The molecule has 0 atom stereocenters. The first kappa shape index (κ1) is 14.1. The van der Waals surface area contributed by atoms with Gasteiger partial charge in [0, 0.05) is 17.4 Å². The van der Waals surface area contributed by atoms with Crippen molar-refractivity contribution in [2.45, 2.75) is 46.6 Å². The lowest BCUT2D eigenvalue weighted by Gasteiger charge is -2.07. The van der Waals surface area contributed by atoms with Crippen LogP contribution in [0.15, 0.2) is 18.2 Å². The third-order valence-electron chi connectivity index (χ3n) is 3.49. The van der Waals surface area contributed by atoms with Gasteiger partial charge in [0.05, 0.1) is 5.56 Å². The predicted octanol–water partition coefficient (Wildman–Crippen LogP) is 5.03. The van der Waals surface area contributed by atoms with Crippen molar-refractivity contribution < 1.29 is 4.79 Å². The Hall–Kier alpha value is -1.28. The van der Waals surface area contributed by atoms with E-state index in [1.54, 1.807) is 6.92 Å². The number of aryl methyl sites for hydroxylation is 1. The van der Waals surface area contributed by atoms with Crippen LogP contribution in [0, 0.1) is 0 Å². The number of halogens is 1. The van der Waals surface area contributed by atoms with Crippen LogP contribution in [0.3, 0.4) is 0 Å². The van der Waals surface area contributed by atoms with E-state index < -0.39 is 0 Å². The minimum absolute atomic E-state index is 0.0331. The van der Waals surface area contributed by atoms with Crippen LogP contribution in [-0.2, 0) is 6.54 Å². The SMILES string of the molecule is CCCn1c(Cl)c(C(C)=O)c2cc(C(C)C)ccc21. The molecule has 2 nitrogen and oxygen atoms in total. The number of nitrogens with zero attached hydrogens (tertiary/aromatic N) is 1. The maximum absolute atomic E-state index is 11.9. The van der Waals surface area contributed by atoms with E-state index in [9.17, 15) is 4.79 Å². The summed E-state index contributed by atoms with van der Waals surface area (Å²) in [6.45, 7) is 8.83. The summed E-state index contributed by atoms with van der Waals surface area (Å²) in [4.78, 5) is 11.9. The van der Waals surface area contributed by atoms with E-state index in [4.69, 9.17) is 11.6 Å². The van der Waals surface area contributed by atoms with Gasteiger partial charge in [0.1, 0.15) is 5.15 Å². The van der Waals surface area contributed by atoms with E-state index in [-0.39, 0.29) is 5.78 Å². The van der Waals surface area contributed by atoms with Gasteiger partial charge in [-0.3, -0.25) is 4.79 Å². The normalized spacial score (nSPS) is 11.5. The molecule has 1 aromatic heterocycles. The predicted molar refractivity (Wildman–Crippen MR) is 81.3 cm³/mol. The Morgan fingerprint density at radius 3 is 2.58 bits per heavy atom. The average Bonchev–Trinajstić information content (AvgIpc) is 2.62. The monoisotopic (exact) mass is 277 g/mol. The number of carbonyl (C=O) groups excluding carboxylic acids is 1. The molecule has 102 valence electrons. The highest BCUT2D eigenvalue weighted by Crippen LogP contribution is 2.32. The summed E-state index contributed by atoms with van der Waals surface area (Å²) in [7, 11) is 0. The first-order valence-corrected chi connectivity index (χ1v) is 7.17. The molecule has 0 saturated heterocycles. The Morgan fingerprint density at radius 1 is 1.37 bits per heavy atom. The van der Waals surface area contributed by atoms with Gasteiger partial charge in [-0.05, 0) is 37.0 Å². The highest BCUT2D eigenvalue weighted by atomic mass is 35.5. The molecular formula is C16H20ClNO. The summed E-state index contributed by atoms with van der Waals surface area (Å²) < 4.78 is 2.04. The van der Waals surface area contributed by atoms with Gasteiger partial charge in [-0.2, -0.15) is 0 Å². The van der Waals surface area contributed by atoms with Crippen molar-refractivity contribution in [2.75, 3.05) is 0 Å². The van der Waals surface area contributed by atoms with Crippen molar-refractivity contribution in [3.05, 3.63) is 34.5 Å². The fraction of sp³-hybridized carbons (Fsp3) is 0.438. The van der Waals surface area contributed by atoms with Gasteiger partial charge in [-0.1, -0.05) is 38.4 Å². The zero-order chi connectivity index (χ0) is 14.2. The molecule has 0 fully saturated rings. The second-order valence-corrected chi connectivity index (χ2v) is 5.66. The highest BCUT2D eigenvalue weighted by molar-refractivity contribution is 6.35. The zero-order valence-corrected chi connectivity index (χ0v) is 12.7. The number of rotatable bonds is 4. The first-order valence-electron chi connectivity index (χ1n) is 6.80. The number of carbonyl (C=O) groups is 1. The number of hydrogen-bond donors (Lipinski definition) is 0. The van der Waals surface area contributed by atoms with Gasteiger partial charge in [0.15, 0.2) is 5.78 Å². The van der Waals surface area contributed by atoms with E-state index >= 15 is 0 Å². The van der Waals surface area contributed by atoms with Crippen LogP contribution in [0.1, 0.15) is 56.0 Å². The number of aromatic nitrogens is 1. The average molecular weight is 278 g/mol. The third kappa shape index (κ3) is 2.42. The molecule has 19 heavy (non-hydrogen) atoms. The minimum Gasteiger partial charge on any atom is -0.331 e. The van der Waals surface area contributed by atoms with Gasteiger partial charge < -0.3 is 4.57 Å². The smallest absolute Gasteiger partial charge is 0.163 e. The molecule has 0 saturated carbocycles. The molecule has 0 radical (unpaired) electrons. The third-order valence-corrected chi connectivity index (χ3v) is 3.88. The lowest BCUT2D eigenvalue weighted by Crippen LogP contribution is -1.98. The Balaban J connectivity index is 2.78. The van der Waals surface area contributed by atoms with Crippen LogP contribution >= 0.6 is 11.6 Å². The number of fused-ring (bicyclic) bond motifs is 1. The van der Waals surface area contributed by atoms with Crippen molar-refractivity contribution >= 4 is 28.3 Å². The van der Waals surface area contributed by atoms with Crippen LogP contribution in [0.5, 0.6) is 0 Å². The van der Waals surface area contributed by atoms with Gasteiger partial charge >= 0.3 is 0 Å². The molecule has 0 aliphatic heterocycles. The van der Waals surface area contributed by atoms with Crippen molar-refractivity contribution in [1.82, 2.24) is 4.57 Å². The number of ketones is 1. The first-order chi connectivity index (χ1) is 8.97. The molecule has 2 rings (SSSR count). The Bertz CT molecular complexity index is 625. The summed E-state index contributed by atoms with van der Waals surface area (Å²) in [5, 5.41) is 1.56. The summed E-state index contributed by atoms with van der Waals surface area (Å²) >= 11 is 6.40. The van der Waals surface area contributed by atoms with E-state index in [0.29, 0.717) is 16.6 Å². The second kappa shape index (κ2) is 5.38. The van der Waals surface area contributed by atoms with Crippen LogP contribution in [0.2, 0.25) is 5.15 Å². The van der Waals surface area contributed by atoms with Crippen molar-refractivity contribution in [3.8, 4) is 0 Å². The maximum atomic E-state index is 11.9. The molecule has 0 aliphatic rings. The van der Waals surface area contributed by atoms with Gasteiger partial charge in [0.25, 0.3) is 0 Å². The fourth-order valence-corrected chi connectivity index (χ4v) is 2.89. The molecule has 0 unspecified atom stereocenters. The Labute approximate surface area is 119 Å². The minimum atomic E-state index is 0.0331. The molecule has 0 bridgehead atoms. The van der Waals surface area contributed by atoms with Crippen molar-refractivity contribution in [1.29, 1.82) is 0 Å². The standard InChI is InChI=1S/C16H20ClNO/c1-5-8-18-14-7-6-12(10(2)3)9-13(14)15(11(4)19)16(18)17/h6-7,9-10H,5,8H2,1-4H3. The molecule has 3 heteroatoms. The Morgan fingerprint density at radius 2 is 2.05 bits per heavy atom. The van der Waals surface area contributed by atoms with Crippen LogP contribution < -0.4 is 0 Å². The van der Waals surface area contributed by atoms with Crippen LogP contribution in [0.4, 0.5) is 0 Å². The number of benzene rings is 1. The summed E-state index contributed by atoms with van der Waals surface area (Å²) in [5.41, 5.74) is 2.95. The summed E-state index contributed by atoms with van der Waals surface area (Å²) in [5.74, 6) is 0.475. The van der Waals surface area contributed by atoms with E-state index in [1.165, 1.54) is 5.56 Å². The zero-order valence-electron chi connectivity index (χ0n) is 12.0. The van der Waals surface area contributed by atoms with E-state index in [2.05, 4.69) is 39.0 Å². The van der Waals surface area contributed by atoms with Gasteiger partial charge in [-0.15, -0.1) is 0 Å². The van der Waals surface area contributed by atoms with Crippen LogP contribution in [-0.4, -0.2) is 10.4 Å². The topological polar surface area (TPSA) is 22.0 Å². The number of hydrogen-bond acceptors (Lipinski definition) is 1. The highest BCUT2D eigenvalue weighted by Gasteiger charge is 2.19. The van der Waals surface area contributed by atoms with Crippen molar-refractivity contribution in [2.24, 2.45) is 0 Å². The molecule has 0 spiro atoms. The molecule has 0 aliphatic carbocycles. The maximum Gasteiger partial charge on any atom is 0.163 e. The molecule has 0 amide bonds. The lowest BCUT2D eigenvalue weighted by molar-refractivity contribution is 0.101. The fourth-order valence-electron chi connectivity index (χ4n) is 2.48. The molecule has 2 aromatic rings. The molecule has 1 heterocycles. The largest absolute Gasteiger partial charge is 0.331 e. The van der Waals surface area contributed by atoms with Gasteiger partial charge in [0.2, 0.25) is 0 Å². The van der Waals surface area contributed by atoms with E-state index in [1.807, 2.05) is 4.57 Å². The Kier molecular flexibility index (Phi) is 4.00. The summed E-state index contributed by atoms with van der Waals surface area (Å²) in [6.07, 6.45) is 0.993.